The van der Waals surface area contributed by atoms with Gasteiger partial charge >= 0.3 is 6.09 Å². The number of carbonyl (C=O) groups excluding carboxylic acids is 2. The van der Waals surface area contributed by atoms with E-state index in [1.807, 2.05) is 6.07 Å². The number of halogens is 1. The molecule has 1 aliphatic rings. The molecular formula is C27H22ClN3O5S. The van der Waals surface area contributed by atoms with Crippen LogP contribution in [0.3, 0.4) is 0 Å². The van der Waals surface area contributed by atoms with Gasteiger partial charge in [0.05, 0.1) is 16.3 Å². The van der Waals surface area contributed by atoms with Crippen molar-refractivity contribution in [2.45, 2.75) is 12.8 Å². The zero-order valence-electron chi connectivity index (χ0n) is 19.5. The molecule has 1 saturated heterocycles. The smallest absolute Gasteiger partial charge is 0.407 e. The van der Waals surface area contributed by atoms with Crippen LogP contribution in [-0.4, -0.2) is 45.4 Å². The molecule has 188 valence electrons. The summed E-state index contributed by atoms with van der Waals surface area (Å²) in [7, 11) is 0. The number of carboxylic acid groups (broad SMARTS) is 1. The van der Waals surface area contributed by atoms with Gasteiger partial charge < -0.3 is 15.3 Å². The van der Waals surface area contributed by atoms with Gasteiger partial charge in [0.25, 0.3) is 5.56 Å². The van der Waals surface area contributed by atoms with E-state index in [9.17, 15) is 24.3 Å². The third-order valence-electron chi connectivity index (χ3n) is 6.47. The summed E-state index contributed by atoms with van der Waals surface area (Å²) in [6.45, 7) is 0.531. The monoisotopic (exact) mass is 535 g/mol. The average Bonchev–Trinajstić information content (AvgIpc) is 3.27. The molecule has 0 unspecified atom stereocenters. The number of pyridine rings is 1. The van der Waals surface area contributed by atoms with Crippen LogP contribution in [0.2, 0.25) is 5.02 Å². The van der Waals surface area contributed by atoms with Gasteiger partial charge in [-0.3, -0.25) is 19.0 Å². The number of ketones is 1. The first-order valence-electron chi connectivity index (χ1n) is 11.7. The Bertz CT molecular complexity index is 1570. The van der Waals surface area contributed by atoms with E-state index < -0.39 is 12.0 Å². The number of para-hydroxylation sites is 1. The summed E-state index contributed by atoms with van der Waals surface area (Å²) < 4.78 is 1.45. The van der Waals surface area contributed by atoms with Crippen molar-refractivity contribution in [2.75, 3.05) is 18.4 Å². The fourth-order valence-corrected chi connectivity index (χ4v) is 5.97. The number of benzene rings is 2. The van der Waals surface area contributed by atoms with E-state index in [0.717, 1.165) is 11.3 Å². The Balaban J connectivity index is 1.61. The quantitative estimate of drug-likeness (QED) is 0.339. The van der Waals surface area contributed by atoms with E-state index in [0.29, 0.717) is 49.9 Å². The maximum absolute atomic E-state index is 13.7. The normalized spacial score (nSPS) is 14.0. The lowest BCUT2D eigenvalue weighted by Gasteiger charge is -2.29. The first-order valence-corrected chi connectivity index (χ1v) is 12.9. The molecule has 8 nitrogen and oxygen atoms in total. The molecule has 0 bridgehead atoms. The Morgan fingerprint density at radius 2 is 1.62 bits per heavy atom. The highest BCUT2D eigenvalue weighted by molar-refractivity contribution is 7.23. The lowest BCUT2D eigenvalue weighted by Crippen LogP contribution is -2.40. The Hall–Kier alpha value is -3.95. The van der Waals surface area contributed by atoms with Crippen molar-refractivity contribution in [1.29, 1.82) is 0 Å². The highest BCUT2D eigenvalue weighted by atomic mass is 35.5. The van der Waals surface area contributed by atoms with E-state index in [4.69, 9.17) is 11.6 Å². The van der Waals surface area contributed by atoms with Crippen LogP contribution in [0.25, 0.3) is 15.9 Å². The molecule has 37 heavy (non-hydrogen) atoms. The number of rotatable bonds is 5. The fraction of sp³-hybridized carbons (Fsp3) is 0.185. The van der Waals surface area contributed by atoms with Crippen molar-refractivity contribution in [2.24, 2.45) is 5.92 Å². The second kappa shape index (κ2) is 10.2. The summed E-state index contributed by atoms with van der Waals surface area (Å²) in [6.07, 6.45) is -0.235. The van der Waals surface area contributed by atoms with Crippen LogP contribution in [0.1, 0.15) is 28.8 Å². The number of amides is 2. The van der Waals surface area contributed by atoms with E-state index in [2.05, 4.69) is 5.32 Å². The van der Waals surface area contributed by atoms with Crippen LogP contribution in [0.5, 0.6) is 0 Å². The Morgan fingerprint density at radius 1 is 0.946 bits per heavy atom. The van der Waals surface area contributed by atoms with Crippen LogP contribution in [0, 0.1) is 5.92 Å². The maximum Gasteiger partial charge on any atom is 0.407 e. The van der Waals surface area contributed by atoms with Gasteiger partial charge in [-0.2, -0.15) is 0 Å². The largest absolute Gasteiger partial charge is 0.465 e. The standard InChI is InChI=1S/C27H22ClN3O5S/c28-19-8-4-5-9-20(19)31-21(32)11-10-18-22(23(33)16-6-2-1-3-7-16)25(37-26(18)31)29-24(34)17-12-14-30(15-13-17)27(35)36/h1-11,17H,12-15H2,(H,29,34)(H,35,36). The first kappa shape index (κ1) is 24.7. The van der Waals surface area contributed by atoms with Crippen molar-refractivity contribution in [1.82, 2.24) is 9.47 Å². The van der Waals surface area contributed by atoms with Gasteiger partial charge in [-0.25, -0.2) is 4.79 Å². The SMILES string of the molecule is O=C(c1ccccc1)c1c(NC(=O)C2CCN(C(=O)O)CC2)sc2c1ccc(=O)n2-c1ccccc1Cl. The van der Waals surface area contributed by atoms with Gasteiger partial charge in [0, 0.05) is 36.0 Å². The number of aromatic nitrogens is 1. The van der Waals surface area contributed by atoms with Gasteiger partial charge in [-0.1, -0.05) is 65.4 Å². The molecule has 2 amide bonds. The molecule has 4 aromatic rings. The summed E-state index contributed by atoms with van der Waals surface area (Å²) in [5, 5.41) is 13.3. The molecule has 1 aliphatic heterocycles. The van der Waals surface area contributed by atoms with Crippen molar-refractivity contribution < 1.29 is 19.5 Å². The summed E-state index contributed by atoms with van der Waals surface area (Å²) in [5.74, 6) is -0.969. The van der Waals surface area contributed by atoms with Crippen LogP contribution >= 0.6 is 22.9 Å². The number of fused-ring (bicyclic) bond motifs is 1. The number of thiophene rings is 1. The minimum atomic E-state index is -1.00. The number of piperidine rings is 1. The summed E-state index contributed by atoms with van der Waals surface area (Å²) in [6, 6.07) is 18.6. The van der Waals surface area contributed by atoms with Gasteiger partial charge in [-0.15, -0.1) is 0 Å². The van der Waals surface area contributed by atoms with Crippen molar-refractivity contribution >= 4 is 55.9 Å². The third kappa shape index (κ3) is 4.75. The molecule has 3 heterocycles. The number of likely N-dealkylation sites (tertiary alicyclic amines) is 1. The third-order valence-corrected chi connectivity index (χ3v) is 7.90. The summed E-state index contributed by atoms with van der Waals surface area (Å²) >= 11 is 7.55. The topological polar surface area (TPSA) is 109 Å². The minimum Gasteiger partial charge on any atom is -0.465 e. The van der Waals surface area contributed by atoms with E-state index >= 15 is 0 Å². The number of carbonyl (C=O) groups is 3. The molecule has 5 rings (SSSR count). The lowest BCUT2D eigenvalue weighted by molar-refractivity contribution is -0.121. The van der Waals surface area contributed by atoms with E-state index in [-0.39, 0.29) is 30.3 Å². The van der Waals surface area contributed by atoms with Crippen molar-refractivity contribution in [3.8, 4) is 5.69 Å². The minimum absolute atomic E-state index is 0.266. The molecule has 2 aromatic heterocycles. The van der Waals surface area contributed by atoms with Crippen LogP contribution in [0.15, 0.2) is 71.5 Å². The first-order chi connectivity index (χ1) is 17.8. The molecule has 0 aliphatic carbocycles. The Morgan fingerprint density at radius 3 is 2.30 bits per heavy atom. The van der Waals surface area contributed by atoms with Gasteiger partial charge in [0.1, 0.15) is 9.83 Å². The van der Waals surface area contributed by atoms with E-state index in [1.54, 1.807) is 54.6 Å². The zero-order valence-corrected chi connectivity index (χ0v) is 21.1. The predicted octanol–water partition coefficient (Wildman–Crippen LogP) is 5.27. The molecule has 0 spiro atoms. The van der Waals surface area contributed by atoms with E-state index in [1.165, 1.54) is 15.5 Å². The Labute approximate surface area is 220 Å². The Kier molecular flexibility index (Phi) is 6.82. The van der Waals surface area contributed by atoms with Gasteiger partial charge in [0.15, 0.2) is 5.78 Å². The molecule has 2 aromatic carbocycles. The molecule has 1 fully saturated rings. The number of hydrogen-bond acceptors (Lipinski definition) is 5. The molecule has 0 saturated carbocycles. The van der Waals surface area contributed by atoms with Crippen molar-refractivity contribution in [3.05, 3.63) is 93.2 Å². The number of anilines is 1. The molecule has 2 N–H and O–H groups in total. The molecular weight excluding hydrogens is 514 g/mol. The predicted molar refractivity (Wildman–Crippen MR) is 143 cm³/mol. The summed E-state index contributed by atoms with van der Waals surface area (Å²) in [5.41, 5.74) is 0.893. The zero-order chi connectivity index (χ0) is 26.1. The van der Waals surface area contributed by atoms with Crippen molar-refractivity contribution in [3.63, 3.8) is 0 Å². The number of hydrogen-bond donors (Lipinski definition) is 2. The summed E-state index contributed by atoms with van der Waals surface area (Å²) in [4.78, 5) is 52.9. The lowest BCUT2D eigenvalue weighted by atomic mass is 9.96. The number of nitrogens with one attached hydrogen (secondary N) is 1. The van der Waals surface area contributed by atoms with Crippen LogP contribution in [0.4, 0.5) is 9.80 Å². The molecule has 0 atom stereocenters. The van der Waals surface area contributed by atoms with Gasteiger partial charge in [-0.05, 0) is 31.0 Å². The highest BCUT2D eigenvalue weighted by Crippen LogP contribution is 2.39. The van der Waals surface area contributed by atoms with Crippen LogP contribution < -0.4 is 10.9 Å². The van der Waals surface area contributed by atoms with Crippen LogP contribution in [-0.2, 0) is 4.79 Å². The molecule has 0 radical (unpaired) electrons. The van der Waals surface area contributed by atoms with Gasteiger partial charge in [0.2, 0.25) is 5.91 Å². The second-order valence-corrected chi connectivity index (χ2v) is 10.1. The highest BCUT2D eigenvalue weighted by Gasteiger charge is 2.30. The molecule has 10 heteroatoms. The average molecular weight is 536 g/mol. The number of nitrogens with zero attached hydrogens (tertiary/aromatic N) is 2. The second-order valence-electron chi connectivity index (χ2n) is 8.71. The maximum atomic E-state index is 13.7. The fourth-order valence-electron chi connectivity index (χ4n) is 4.54.